The summed E-state index contributed by atoms with van der Waals surface area (Å²) in [4.78, 5) is 21.8. The fraction of sp³-hybridized carbons (Fsp3) is 0.0909. The van der Waals surface area contributed by atoms with Crippen molar-refractivity contribution >= 4 is 17.4 Å². The summed E-state index contributed by atoms with van der Waals surface area (Å²) in [6, 6.07) is 8.30. The van der Waals surface area contributed by atoms with Crippen LogP contribution >= 0.6 is 0 Å². The summed E-state index contributed by atoms with van der Waals surface area (Å²) < 4.78 is 0. The first-order valence-corrected chi connectivity index (χ1v) is 4.29. The molecule has 0 saturated heterocycles. The minimum atomic E-state index is -1.20. The minimum Gasteiger partial charge on any atom is -0.478 e. The van der Waals surface area contributed by atoms with Crippen molar-refractivity contribution in [2.45, 2.75) is 6.92 Å². The number of hydrogen-bond acceptors (Lipinski definition) is 2. The van der Waals surface area contributed by atoms with Crippen molar-refractivity contribution in [1.29, 1.82) is 0 Å². The number of aliphatic carboxylic acids is 1. The molecule has 1 aromatic rings. The molecule has 15 heavy (non-hydrogen) atoms. The maximum atomic E-state index is 11.0. The van der Waals surface area contributed by atoms with Crippen LogP contribution in [0.3, 0.4) is 0 Å². The lowest BCUT2D eigenvalue weighted by Gasteiger charge is -2.04. The van der Waals surface area contributed by atoms with E-state index in [1.165, 1.54) is 6.92 Å². The summed E-state index contributed by atoms with van der Waals surface area (Å²) in [7, 11) is 0. The Morgan fingerprint density at radius 2 is 1.73 bits per heavy atom. The number of carboxylic acid groups (broad SMARTS) is 1. The van der Waals surface area contributed by atoms with Crippen molar-refractivity contribution in [2.24, 2.45) is 0 Å². The molecule has 1 rings (SSSR count). The lowest BCUT2D eigenvalue weighted by Crippen LogP contribution is -2.09. The van der Waals surface area contributed by atoms with Gasteiger partial charge in [-0.15, -0.1) is 0 Å². The monoisotopic (exact) mass is 204 g/mol. The van der Waals surface area contributed by atoms with Gasteiger partial charge in [0.1, 0.15) is 0 Å². The summed E-state index contributed by atoms with van der Waals surface area (Å²) >= 11 is 0. The van der Waals surface area contributed by atoms with Crippen LogP contribution < -0.4 is 5.73 Å². The van der Waals surface area contributed by atoms with E-state index < -0.39 is 11.9 Å². The Bertz CT molecular complexity index is 421. The normalized spacial score (nSPS) is 11.8. The molecule has 0 bridgehead atoms. The van der Waals surface area contributed by atoms with Crippen LogP contribution in [-0.4, -0.2) is 17.0 Å². The summed E-state index contributed by atoms with van der Waals surface area (Å²) in [5, 5.41) is 8.95. The van der Waals surface area contributed by atoms with E-state index in [0.29, 0.717) is 5.56 Å². The smallest absolute Gasteiger partial charge is 0.336 e. The van der Waals surface area contributed by atoms with Gasteiger partial charge in [0, 0.05) is 5.57 Å². The second-order valence-electron chi connectivity index (χ2n) is 3.00. The number of carbonyl (C=O) groups excluding carboxylic acids is 1. The Hall–Kier alpha value is -2.10. The predicted octanol–water partition coefficient (Wildman–Crippen LogP) is 1.35. The van der Waals surface area contributed by atoms with Gasteiger partial charge < -0.3 is 5.11 Å². The van der Waals surface area contributed by atoms with Gasteiger partial charge >= 0.3 is 5.97 Å². The number of hydrogen-bond donors (Lipinski definition) is 1. The van der Waals surface area contributed by atoms with Crippen molar-refractivity contribution in [3.05, 3.63) is 41.5 Å². The molecule has 2 N–H and O–H groups in total. The van der Waals surface area contributed by atoms with Crippen molar-refractivity contribution in [3.8, 4) is 0 Å². The Labute approximate surface area is 87.0 Å². The van der Waals surface area contributed by atoms with Gasteiger partial charge in [0.15, 0.2) is 0 Å². The van der Waals surface area contributed by atoms with Gasteiger partial charge in [-0.25, -0.2) is 4.79 Å². The summed E-state index contributed by atoms with van der Waals surface area (Å²) in [5.74, 6) is -2.17. The van der Waals surface area contributed by atoms with Crippen LogP contribution in [0.25, 0.3) is 5.57 Å². The first-order valence-electron chi connectivity index (χ1n) is 4.29. The van der Waals surface area contributed by atoms with Crippen molar-refractivity contribution in [2.75, 3.05) is 0 Å². The number of rotatable bonds is 3. The maximum absolute atomic E-state index is 11.0. The van der Waals surface area contributed by atoms with Gasteiger partial charge in [-0.2, -0.15) is 0 Å². The van der Waals surface area contributed by atoms with Crippen molar-refractivity contribution in [3.63, 3.8) is 0 Å². The van der Waals surface area contributed by atoms with E-state index in [1.807, 2.05) is 0 Å². The first kappa shape index (κ1) is 11.0. The fourth-order valence-corrected chi connectivity index (χ4v) is 1.22. The number of carbonyl (C=O) groups is 2. The standard InChI is InChI=1S/C11H10NO3/c1-7(10(12)13)9(11(14)15)8-5-3-2-4-6-8/h2-6,12H,1H3,(H,14,15)/b9-7-. The molecule has 0 unspecified atom stereocenters. The van der Waals surface area contributed by atoms with Crippen LogP contribution in [0.5, 0.6) is 0 Å². The van der Waals surface area contributed by atoms with Crippen LogP contribution in [0.4, 0.5) is 0 Å². The maximum Gasteiger partial charge on any atom is 0.336 e. The number of amides is 1. The third-order valence-electron chi connectivity index (χ3n) is 1.99. The molecular weight excluding hydrogens is 194 g/mol. The zero-order chi connectivity index (χ0) is 11.4. The van der Waals surface area contributed by atoms with Crippen LogP contribution in [0.2, 0.25) is 0 Å². The Balaban J connectivity index is 3.34. The highest BCUT2D eigenvalue weighted by atomic mass is 16.4. The molecule has 0 aliphatic carbocycles. The number of benzene rings is 1. The fourth-order valence-electron chi connectivity index (χ4n) is 1.22. The summed E-state index contributed by atoms with van der Waals surface area (Å²) in [5.41, 5.74) is 7.15. The van der Waals surface area contributed by atoms with E-state index in [9.17, 15) is 9.59 Å². The SMILES string of the molecule is C/C(C([NH])=O)=C(/C(=O)O)c1ccccc1. The molecule has 4 heteroatoms. The molecule has 0 saturated carbocycles. The highest BCUT2D eigenvalue weighted by molar-refractivity contribution is 6.22. The van der Waals surface area contributed by atoms with Crippen molar-refractivity contribution < 1.29 is 14.7 Å². The van der Waals surface area contributed by atoms with Gasteiger partial charge in [0.2, 0.25) is 0 Å². The van der Waals surface area contributed by atoms with E-state index in [0.717, 1.165) is 0 Å². The zero-order valence-corrected chi connectivity index (χ0v) is 8.15. The average Bonchev–Trinajstić information content (AvgIpc) is 2.18. The molecule has 1 radical (unpaired) electrons. The second kappa shape index (κ2) is 4.41. The molecule has 0 heterocycles. The molecule has 0 spiro atoms. The molecule has 1 aromatic carbocycles. The van der Waals surface area contributed by atoms with Crippen LogP contribution in [0, 0.1) is 0 Å². The summed E-state index contributed by atoms with van der Waals surface area (Å²) in [6.07, 6.45) is 0. The molecule has 77 valence electrons. The lowest BCUT2D eigenvalue weighted by atomic mass is 10.0. The zero-order valence-electron chi connectivity index (χ0n) is 8.15. The first-order chi connectivity index (χ1) is 7.04. The second-order valence-corrected chi connectivity index (χ2v) is 3.00. The van der Waals surface area contributed by atoms with Gasteiger partial charge in [0.05, 0.1) is 5.57 Å². The third kappa shape index (κ3) is 2.43. The van der Waals surface area contributed by atoms with Gasteiger partial charge in [-0.1, -0.05) is 30.3 Å². The van der Waals surface area contributed by atoms with E-state index in [4.69, 9.17) is 10.8 Å². The molecule has 1 amide bonds. The third-order valence-corrected chi connectivity index (χ3v) is 1.99. The summed E-state index contributed by atoms with van der Waals surface area (Å²) in [6.45, 7) is 1.34. The predicted molar refractivity (Wildman–Crippen MR) is 54.8 cm³/mol. The van der Waals surface area contributed by atoms with Crippen LogP contribution in [0.15, 0.2) is 35.9 Å². The van der Waals surface area contributed by atoms with Crippen LogP contribution in [-0.2, 0) is 9.59 Å². The van der Waals surface area contributed by atoms with E-state index in [2.05, 4.69) is 0 Å². The Morgan fingerprint density at radius 3 is 2.13 bits per heavy atom. The Morgan fingerprint density at radius 1 is 1.20 bits per heavy atom. The number of nitrogens with one attached hydrogen (secondary N) is 1. The minimum absolute atomic E-state index is 0.0614. The molecule has 0 atom stereocenters. The average molecular weight is 204 g/mol. The van der Waals surface area contributed by atoms with Gasteiger partial charge in [-0.05, 0) is 12.5 Å². The molecule has 0 aromatic heterocycles. The molecule has 4 nitrogen and oxygen atoms in total. The van der Waals surface area contributed by atoms with Gasteiger partial charge in [-0.3, -0.25) is 10.5 Å². The molecule has 0 fully saturated rings. The lowest BCUT2D eigenvalue weighted by molar-refractivity contribution is -0.130. The molecular formula is C11H10NO3. The highest BCUT2D eigenvalue weighted by Crippen LogP contribution is 2.18. The van der Waals surface area contributed by atoms with Gasteiger partial charge in [0.25, 0.3) is 5.91 Å². The quantitative estimate of drug-likeness (QED) is 0.755. The molecule has 0 aliphatic heterocycles. The van der Waals surface area contributed by atoms with Crippen LogP contribution in [0.1, 0.15) is 12.5 Å². The van der Waals surface area contributed by atoms with Crippen molar-refractivity contribution in [1.82, 2.24) is 5.73 Å². The van der Waals surface area contributed by atoms with E-state index in [-0.39, 0.29) is 11.1 Å². The van der Waals surface area contributed by atoms with E-state index >= 15 is 0 Å². The Kier molecular flexibility index (Phi) is 3.23. The van der Waals surface area contributed by atoms with E-state index in [1.54, 1.807) is 30.3 Å². The topological polar surface area (TPSA) is 78.2 Å². The highest BCUT2D eigenvalue weighted by Gasteiger charge is 2.16. The largest absolute Gasteiger partial charge is 0.478 e. The molecule has 0 aliphatic rings. The number of carboxylic acids is 1.